The number of nitrogens with zero attached hydrogens (tertiary/aromatic N) is 2. The number of halogens is 2. The SMILES string of the molecule is CN(COc1ccc(Cl)cc1Cl)c1ccc([N+](=O)[O-])cc1. The fraction of sp³-hybridized carbons (Fsp3) is 0.143. The number of non-ortho nitro benzene ring substituents is 1. The van der Waals surface area contributed by atoms with E-state index < -0.39 is 4.92 Å². The summed E-state index contributed by atoms with van der Waals surface area (Å²) in [6, 6.07) is 11.2. The summed E-state index contributed by atoms with van der Waals surface area (Å²) in [4.78, 5) is 12.0. The summed E-state index contributed by atoms with van der Waals surface area (Å²) >= 11 is 11.8. The van der Waals surface area contributed by atoms with Crippen molar-refractivity contribution < 1.29 is 9.66 Å². The number of nitro benzene ring substituents is 1. The Kier molecular flexibility index (Phi) is 4.88. The van der Waals surface area contributed by atoms with E-state index in [0.717, 1.165) is 5.69 Å². The van der Waals surface area contributed by atoms with Crippen molar-refractivity contribution in [1.82, 2.24) is 0 Å². The van der Waals surface area contributed by atoms with Crippen LogP contribution in [0, 0.1) is 10.1 Å². The van der Waals surface area contributed by atoms with Crippen LogP contribution >= 0.6 is 23.2 Å². The fourth-order valence-electron chi connectivity index (χ4n) is 1.66. The Morgan fingerprint density at radius 1 is 1.19 bits per heavy atom. The number of hydrogen-bond acceptors (Lipinski definition) is 4. The van der Waals surface area contributed by atoms with Crippen LogP contribution in [0.2, 0.25) is 10.0 Å². The molecule has 0 amide bonds. The highest BCUT2D eigenvalue weighted by molar-refractivity contribution is 6.35. The number of hydrogen-bond donors (Lipinski definition) is 0. The average Bonchev–Trinajstić information content (AvgIpc) is 2.46. The van der Waals surface area contributed by atoms with E-state index in [1.54, 1.807) is 35.2 Å². The standard InChI is InChI=1S/C14H12Cl2N2O3/c1-17(11-3-5-12(6-4-11)18(19)20)9-21-14-7-2-10(15)8-13(14)16/h2-8H,9H2,1H3. The lowest BCUT2D eigenvalue weighted by Crippen LogP contribution is -2.23. The predicted octanol–water partition coefficient (Wildman–Crippen LogP) is 4.37. The van der Waals surface area contributed by atoms with Crippen LogP contribution in [0.3, 0.4) is 0 Å². The van der Waals surface area contributed by atoms with Crippen molar-refractivity contribution in [1.29, 1.82) is 0 Å². The second-order valence-electron chi connectivity index (χ2n) is 4.32. The average molecular weight is 327 g/mol. The van der Waals surface area contributed by atoms with Gasteiger partial charge in [0, 0.05) is 29.9 Å². The summed E-state index contributed by atoms with van der Waals surface area (Å²) in [5.41, 5.74) is 0.847. The highest BCUT2D eigenvalue weighted by Gasteiger charge is 2.08. The van der Waals surface area contributed by atoms with E-state index in [9.17, 15) is 10.1 Å². The first-order valence-corrected chi connectivity index (χ1v) is 6.76. The zero-order chi connectivity index (χ0) is 15.4. The van der Waals surface area contributed by atoms with Crippen molar-refractivity contribution >= 4 is 34.6 Å². The quantitative estimate of drug-likeness (QED) is 0.465. The number of ether oxygens (including phenoxy) is 1. The molecule has 21 heavy (non-hydrogen) atoms. The number of nitro groups is 1. The smallest absolute Gasteiger partial charge is 0.269 e. The van der Waals surface area contributed by atoms with Gasteiger partial charge >= 0.3 is 0 Å². The number of rotatable bonds is 5. The van der Waals surface area contributed by atoms with Crippen LogP contribution in [-0.4, -0.2) is 18.7 Å². The summed E-state index contributed by atoms with van der Waals surface area (Å²) < 4.78 is 5.59. The zero-order valence-electron chi connectivity index (χ0n) is 11.1. The van der Waals surface area contributed by atoms with E-state index in [-0.39, 0.29) is 12.4 Å². The third kappa shape index (κ3) is 4.00. The molecule has 2 aromatic carbocycles. The van der Waals surface area contributed by atoms with E-state index >= 15 is 0 Å². The van der Waals surface area contributed by atoms with Gasteiger partial charge in [-0.15, -0.1) is 0 Å². The zero-order valence-corrected chi connectivity index (χ0v) is 12.6. The van der Waals surface area contributed by atoms with E-state index in [0.29, 0.717) is 15.8 Å². The Morgan fingerprint density at radius 3 is 2.43 bits per heavy atom. The van der Waals surface area contributed by atoms with Gasteiger partial charge in [0.1, 0.15) is 5.75 Å². The molecule has 0 spiro atoms. The molecule has 110 valence electrons. The van der Waals surface area contributed by atoms with Crippen LogP contribution in [0.4, 0.5) is 11.4 Å². The molecule has 0 atom stereocenters. The summed E-state index contributed by atoms with van der Waals surface area (Å²) in [5, 5.41) is 11.6. The Bertz CT molecular complexity index is 647. The molecule has 0 saturated carbocycles. The largest absolute Gasteiger partial charge is 0.472 e. The molecule has 0 aliphatic carbocycles. The molecule has 0 unspecified atom stereocenters. The molecule has 0 heterocycles. The molecule has 0 radical (unpaired) electrons. The Hall–Kier alpha value is -1.98. The normalized spacial score (nSPS) is 10.2. The Balaban J connectivity index is 2.01. The van der Waals surface area contributed by atoms with E-state index in [4.69, 9.17) is 27.9 Å². The van der Waals surface area contributed by atoms with Gasteiger partial charge in [-0.3, -0.25) is 10.1 Å². The molecular formula is C14H12Cl2N2O3. The predicted molar refractivity (Wildman–Crippen MR) is 83.5 cm³/mol. The molecule has 0 fully saturated rings. The summed E-state index contributed by atoms with van der Waals surface area (Å²) in [6.45, 7) is 0.249. The maximum atomic E-state index is 10.6. The molecule has 5 nitrogen and oxygen atoms in total. The van der Waals surface area contributed by atoms with Gasteiger partial charge in [-0.05, 0) is 30.3 Å². The van der Waals surface area contributed by atoms with Gasteiger partial charge in [0.15, 0.2) is 6.73 Å². The minimum absolute atomic E-state index is 0.0498. The van der Waals surface area contributed by atoms with Crippen LogP contribution < -0.4 is 9.64 Å². The summed E-state index contributed by atoms with van der Waals surface area (Å²) in [5.74, 6) is 0.523. The van der Waals surface area contributed by atoms with Crippen molar-refractivity contribution in [2.45, 2.75) is 0 Å². The molecule has 0 aliphatic heterocycles. The molecule has 2 aromatic rings. The summed E-state index contributed by atoms with van der Waals surface area (Å²) in [6.07, 6.45) is 0. The van der Waals surface area contributed by atoms with E-state index in [1.165, 1.54) is 12.1 Å². The molecule has 0 bridgehead atoms. The Morgan fingerprint density at radius 2 is 1.86 bits per heavy atom. The molecule has 0 N–H and O–H groups in total. The van der Waals surface area contributed by atoms with Crippen molar-refractivity contribution in [3.63, 3.8) is 0 Å². The second-order valence-corrected chi connectivity index (χ2v) is 5.16. The van der Waals surface area contributed by atoms with Crippen LogP contribution in [0.1, 0.15) is 0 Å². The first-order valence-electron chi connectivity index (χ1n) is 6.01. The topological polar surface area (TPSA) is 55.6 Å². The van der Waals surface area contributed by atoms with Crippen LogP contribution in [0.25, 0.3) is 0 Å². The van der Waals surface area contributed by atoms with Crippen LogP contribution in [0.5, 0.6) is 5.75 Å². The monoisotopic (exact) mass is 326 g/mol. The number of anilines is 1. The first-order chi connectivity index (χ1) is 9.97. The van der Waals surface area contributed by atoms with Crippen LogP contribution in [-0.2, 0) is 0 Å². The van der Waals surface area contributed by atoms with E-state index in [2.05, 4.69) is 0 Å². The maximum absolute atomic E-state index is 10.6. The molecular weight excluding hydrogens is 315 g/mol. The lowest BCUT2D eigenvalue weighted by Gasteiger charge is -2.20. The van der Waals surface area contributed by atoms with Gasteiger partial charge in [0.25, 0.3) is 5.69 Å². The van der Waals surface area contributed by atoms with Crippen molar-refractivity contribution in [2.75, 3.05) is 18.7 Å². The third-order valence-electron chi connectivity index (χ3n) is 2.81. The molecule has 0 aromatic heterocycles. The fourth-order valence-corrected chi connectivity index (χ4v) is 2.13. The first kappa shape index (κ1) is 15.4. The molecule has 7 heteroatoms. The maximum Gasteiger partial charge on any atom is 0.269 e. The molecule has 0 saturated heterocycles. The highest BCUT2D eigenvalue weighted by Crippen LogP contribution is 2.28. The van der Waals surface area contributed by atoms with Gasteiger partial charge in [0.2, 0.25) is 0 Å². The van der Waals surface area contributed by atoms with Gasteiger partial charge in [-0.1, -0.05) is 23.2 Å². The Labute approximate surface area is 131 Å². The molecule has 2 rings (SSSR count). The lowest BCUT2D eigenvalue weighted by molar-refractivity contribution is -0.384. The van der Waals surface area contributed by atoms with Crippen LogP contribution in [0.15, 0.2) is 42.5 Å². The van der Waals surface area contributed by atoms with Crippen molar-refractivity contribution in [3.8, 4) is 5.75 Å². The third-order valence-corrected chi connectivity index (χ3v) is 3.34. The minimum atomic E-state index is -0.437. The molecule has 0 aliphatic rings. The minimum Gasteiger partial charge on any atom is -0.472 e. The second kappa shape index (κ2) is 6.65. The lowest BCUT2D eigenvalue weighted by atomic mass is 10.3. The van der Waals surface area contributed by atoms with E-state index in [1.807, 2.05) is 7.05 Å². The van der Waals surface area contributed by atoms with Gasteiger partial charge in [0.05, 0.1) is 9.95 Å². The van der Waals surface area contributed by atoms with Gasteiger partial charge in [-0.25, -0.2) is 0 Å². The highest BCUT2D eigenvalue weighted by atomic mass is 35.5. The van der Waals surface area contributed by atoms with Gasteiger partial charge in [-0.2, -0.15) is 0 Å². The summed E-state index contributed by atoms with van der Waals surface area (Å²) in [7, 11) is 1.81. The van der Waals surface area contributed by atoms with Crippen molar-refractivity contribution in [2.24, 2.45) is 0 Å². The van der Waals surface area contributed by atoms with Crippen molar-refractivity contribution in [3.05, 3.63) is 62.6 Å². The number of benzene rings is 2. The van der Waals surface area contributed by atoms with Gasteiger partial charge < -0.3 is 9.64 Å².